The SMILES string of the molecule is COc1ccc(-c2nc(-c3ccccc3)c(-c3ccc(Cl)cc3)n2Cc2ccc(-c3ccccc3)c(C(=O)O)c2)cc1. The molecule has 1 heterocycles. The predicted molar refractivity (Wildman–Crippen MR) is 168 cm³/mol. The summed E-state index contributed by atoms with van der Waals surface area (Å²) in [4.78, 5) is 17.6. The zero-order valence-corrected chi connectivity index (χ0v) is 23.6. The van der Waals surface area contributed by atoms with Crippen molar-refractivity contribution < 1.29 is 14.6 Å². The van der Waals surface area contributed by atoms with Crippen LogP contribution in [0.15, 0.2) is 127 Å². The molecule has 5 aromatic carbocycles. The van der Waals surface area contributed by atoms with Gasteiger partial charge in [0.05, 0.1) is 24.1 Å². The Hall–Kier alpha value is -5.13. The Morgan fingerprint density at radius 2 is 1.38 bits per heavy atom. The van der Waals surface area contributed by atoms with Crippen molar-refractivity contribution in [2.24, 2.45) is 0 Å². The summed E-state index contributed by atoms with van der Waals surface area (Å²) in [7, 11) is 1.64. The Labute approximate surface area is 249 Å². The minimum Gasteiger partial charge on any atom is -0.497 e. The van der Waals surface area contributed by atoms with E-state index in [-0.39, 0.29) is 5.56 Å². The first-order chi connectivity index (χ1) is 20.5. The third-order valence-electron chi connectivity index (χ3n) is 7.22. The van der Waals surface area contributed by atoms with Crippen LogP contribution in [0.2, 0.25) is 5.02 Å². The lowest BCUT2D eigenvalue weighted by Gasteiger charge is -2.16. The van der Waals surface area contributed by atoms with E-state index in [0.717, 1.165) is 50.8 Å². The smallest absolute Gasteiger partial charge is 0.336 e. The number of imidazole rings is 1. The van der Waals surface area contributed by atoms with E-state index in [2.05, 4.69) is 4.57 Å². The van der Waals surface area contributed by atoms with E-state index in [1.165, 1.54) is 0 Å². The lowest BCUT2D eigenvalue weighted by Crippen LogP contribution is -2.07. The monoisotopic (exact) mass is 570 g/mol. The van der Waals surface area contributed by atoms with Gasteiger partial charge in [-0.2, -0.15) is 0 Å². The molecule has 1 aromatic heterocycles. The molecule has 0 bridgehead atoms. The topological polar surface area (TPSA) is 64.4 Å². The molecule has 0 amide bonds. The number of nitrogens with zero attached hydrogens (tertiary/aromatic N) is 2. The second kappa shape index (κ2) is 11.8. The molecule has 0 fully saturated rings. The van der Waals surface area contributed by atoms with Gasteiger partial charge >= 0.3 is 5.97 Å². The van der Waals surface area contributed by atoms with Crippen molar-refractivity contribution in [3.05, 3.63) is 144 Å². The zero-order chi connectivity index (χ0) is 29.1. The second-order valence-corrected chi connectivity index (χ2v) is 10.3. The fraction of sp³-hybridized carbons (Fsp3) is 0.0556. The van der Waals surface area contributed by atoms with Crippen LogP contribution in [0.5, 0.6) is 5.75 Å². The highest BCUT2D eigenvalue weighted by Crippen LogP contribution is 2.38. The Morgan fingerprint density at radius 1 is 0.762 bits per heavy atom. The van der Waals surface area contributed by atoms with Gasteiger partial charge < -0.3 is 14.4 Å². The maximum atomic E-state index is 12.4. The van der Waals surface area contributed by atoms with E-state index in [1.807, 2.05) is 121 Å². The number of ether oxygens (including phenoxy) is 1. The maximum absolute atomic E-state index is 12.4. The second-order valence-electron chi connectivity index (χ2n) is 9.87. The van der Waals surface area contributed by atoms with Gasteiger partial charge in [-0.3, -0.25) is 0 Å². The molecule has 0 unspecified atom stereocenters. The van der Waals surface area contributed by atoms with Crippen LogP contribution >= 0.6 is 11.6 Å². The number of benzene rings is 5. The average molecular weight is 571 g/mol. The van der Waals surface area contributed by atoms with Crippen LogP contribution in [0, 0.1) is 0 Å². The number of hydrogen-bond acceptors (Lipinski definition) is 3. The van der Waals surface area contributed by atoms with Gasteiger partial charge in [0.2, 0.25) is 0 Å². The van der Waals surface area contributed by atoms with E-state index >= 15 is 0 Å². The van der Waals surface area contributed by atoms with Crippen molar-refractivity contribution in [1.29, 1.82) is 0 Å². The first-order valence-electron chi connectivity index (χ1n) is 13.5. The third-order valence-corrected chi connectivity index (χ3v) is 7.47. The Kier molecular flexibility index (Phi) is 7.58. The van der Waals surface area contributed by atoms with Gasteiger partial charge in [0.1, 0.15) is 11.6 Å². The first kappa shape index (κ1) is 27.1. The quantitative estimate of drug-likeness (QED) is 0.198. The van der Waals surface area contributed by atoms with E-state index < -0.39 is 5.97 Å². The zero-order valence-electron chi connectivity index (χ0n) is 22.9. The van der Waals surface area contributed by atoms with Gasteiger partial charge in [-0.15, -0.1) is 0 Å². The highest BCUT2D eigenvalue weighted by molar-refractivity contribution is 6.30. The minimum atomic E-state index is -0.973. The molecule has 0 atom stereocenters. The summed E-state index contributed by atoms with van der Waals surface area (Å²) < 4.78 is 7.55. The molecule has 6 aromatic rings. The Bertz CT molecular complexity index is 1850. The summed E-state index contributed by atoms with van der Waals surface area (Å²) in [6.07, 6.45) is 0. The van der Waals surface area contributed by atoms with Gasteiger partial charge in [-0.25, -0.2) is 9.78 Å². The number of aromatic nitrogens is 2. The highest BCUT2D eigenvalue weighted by atomic mass is 35.5. The number of carboxylic acid groups (broad SMARTS) is 1. The normalized spacial score (nSPS) is 10.9. The number of hydrogen-bond donors (Lipinski definition) is 1. The fourth-order valence-electron chi connectivity index (χ4n) is 5.18. The number of carboxylic acids is 1. The number of carbonyl (C=O) groups is 1. The molecular weight excluding hydrogens is 544 g/mol. The Morgan fingerprint density at radius 3 is 2.00 bits per heavy atom. The number of halogens is 1. The molecule has 0 radical (unpaired) electrons. The molecule has 1 N–H and O–H groups in total. The van der Waals surface area contributed by atoms with Gasteiger partial charge in [0, 0.05) is 28.3 Å². The van der Waals surface area contributed by atoms with Gasteiger partial charge in [-0.05, 0) is 59.2 Å². The molecular formula is C36H27ClN2O3. The molecule has 0 aliphatic rings. The summed E-state index contributed by atoms with van der Waals surface area (Å²) in [6, 6.07) is 40.8. The van der Waals surface area contributed by atoms with Crippen LogP contribution in [0.3, 0.4) is 0 Å². The molecule has 206 valence electrons. The van der Waals surface area contributed by atoms with Crippen LogP contribution < -0.4 is 4.74 Å². The molecule has 0 aliphatic carbocycles. The minimum absolute atomic E-state index is 0.251. The lowest BCUT2D eigenvalue weighted by molar-refractivity contribution is 0.0697. The van der Waals surface area contributed by atoms with Crippen molar-refractivity contribution in [3.63, 3.8) is 0 Å². The molecule has 6 heteroatoms. The van der Waals surface area contributed by atoms with Crippen molar-refractivity contribution >= 4 is 17.6 Å². The summed E-state index contributed by atoms with van der Waals surface area (Å²) in [6.45, 7) is 0.397. The first-order valence-corrected chi connectivity index (χ1v) is 13.9. The standard InChI is InChI=1S/C36H27ClN2O3/c1-42-30-19-15-28(16-20-30)35-38-33(26-10-6-3-7-11-26)34(27-13-17-29(37)18-14-27)39(35)23-24-12-21-31(32(22-24)36(40)41)25-8-4-2-5-9-25/h2-22H,23H2,1H3,(H,40,41). The highest BCUT2D eigenvalue weighted by Gasteiger charge is 2.22. The van der Waals surface area contributed by atoms with Crippen molar-refractivity contribution in [1.82, 2.24) is 9.55 Å². The maximum Gasteiger partial charge on any atom is 0.336 e. The average Bonchev–Trinajstić information content (AvgIpc) is 3.41. The third kappa shape index (κ3) is 5.42. The lowest BCUT2D eigenvalue weighted by atomic mass is 9.97. The van der Waals surface area contributed by atoms with Crippen molar-refractivity contribution in [3.8, 4) is 50.8 Å². The van der Waals surface area contributed by atoms with Crippen molar-refractivity contribution in [2.75, 3.05) is 7.11 Å². The van der Waals surface area contributed by atoms with Crippen molar-refractivity contribution in [2.45, 2.75) is 6.54 Å². The molecule has 6 rings (SSSR count). The van der Waals surface area contributed by atoms with E-state index in [9.17, 15) is 9.90 Å². The molecule has 0 saturated carbocycles. The van der Waals surface area contributed by atoms with Crippen LogP contribution in [0.4, 0.5) is 0 Å². The Balaban J connectivity index is 1.57. The molecule has 5 nitrogen and oxygen atoms in total. The summed E-state index contributed by atoms with van der Waals surface area (Å²) >= 11 is 6.28. The summed E-state index contributed by atoms with van der Waals surface area (Å²) in [5.41, 5.74) is 7.19. The van der Waals surface area contributed by atoms with Crippen LogP contribution in [-0.2, 0) is 6.54 Å². The molecule has 42 heavy (non-hydrogen) atoms. The fourth-order valence-corrected chi connectivity index (χ4v) is 5.31. The number of rotatable bonds is 8. The molecule has 0 aliphatic heterocycles. The van der Waals surface area contributed by atoms with Gasteiger partial charge in [0.15, 0.2) is 0 Å². The van der Waals surface area contributed by atoms with Crippen LogP contribution in [0.25, 0.3) is 45.0 Å². The van der Waals surface area contributed by atoms with Crippen LogP contribution in [0.1, 0.15) is 15.9 Å². The predicted octanol–water partition coefficient (Wildman–Crippen LogP) is 8.96. The number of methoxy groups -OCH3 is 1. The largest absolute Gasteiger partial charge is 0.497 e. The van der Waals surface area contributed by atoms with Gasteiger partial charge in [0.25, 0.3) is 0 Å². The molecule has 0 saturated heterocycles. The van der Waals surface area contributed by atoms with E-state index in [0.29, 0.717) is 17.1 Å². The number of aromatic carboxylic acids is 1. The van der Waals surface area contributed by atoms with Crippen LogP contribution in [-0.4, -0.2) is 27.7 Å². The summed E-state index contributed by atoms with van der Waals surface area (Å²) in [5, 5.41) is 10.8. The van der Waals surface area contributed by atoms with E-state index in [1.54, 1.807) is 13.2 Å². The van der Waals surface area contributed by atoms with E-state index in [4.69, 9.17) is 21.3 Å². The molecule has 0 spiro atoms. The summed E-state index contributed by atoms with van der Waals surface area (Å²) in [5.74, 6) is 0.533. The van der Waals surface area contributed by atoms with Gasteiger partial charge in [-0.1, -0.05) is 96.5 Å².